The number of hydrogen-bond acceptors (Lipinski definition) is 4. The van der Waals surface area contributed by atoms with Crippen LogP contribution in [0.4, 0.5) is 5.69 Å². The first-order valence-corrected chi connectivity index (χ1v) is 9.43. The maximum Gasteiger partial charge on any atom is 0.264 e. The second kappa shape index (κ2) is 6.73. The normalized spacial score (nSPS) is 14.2. The molecule has 1 aliphatic heterocycles. The van der Waals surface area contributed by atoms with E-state index in [9.17, 15) is 8.42 Å². The molecule has 1 heterocycles. The van der Waals surface area contributed by atoms with Gasteiger partial charge < -0.3 is 9.47 Å². The van der Waals surface area contributed by atoms with Crippen molar-refractivity contribution in [1.29, 1.82) is 0 Å². The van der Waals surface area contributed by atoms with Crippen LogP contribution < -0.4 is 13.8 Å². The number of rotatable bonds is 5. The highest BCUT2D eigenvalue weighted by atomic mass is 32.2. The fourth-order valence-corrected chi connectivity index (χ4v) is 4.46. The number of anilines is 1. The van der Waals surface area contributed by atoms with Crippen molar-refractivity contribution >= 4 is 15.7 Å². The zero-order chi connectivity index (χ0) is 17.2. The van der Waals surface area contributed by atoms with E-state index in [1.807, 2.05) is 19.1 Å². The third-order valence-electron chi connectivity index (χ3n) is 4.09. The Morgan fingerprint density at radius 3 is 2.46 bits per heavy atom. The number of aryl methyl sites for hydroxylation is 1. The number of ether oxygens (including phenoxy) is 2. The first-order valence-electron chi connectivity index (χ1n) is 7.99. The summed E-state index contributed by atoms with van der Waals surface area (Å²) in [5, 5.41) is 0. The molecule has 0 radical (unpaired) electrons. The number of nitrogens with zero attached hydrogens (tertiary/aromatic N) is 1. The van der Waals surface area contributed by atoms with Crippen LogP contribution in [0.2, 0.25) is 0 Å². The number of hydrogen-bond donors (Lipinski definition) is 0. The number of benzene rings is 2. The average molecular weight is 347 g/mol. The van der Waals surface area contributed by atoms with E-state index in [1.54, 1.807) is 37.4 Å². The Bertz CT molecular complexity index is 815. The molecule has 0 spiro atoms. The molecule has 24 heavy (non-hydrogen) atoms. The van der Waals surface area contributed by atoms with Crippen LogP contribution in [0.25, 0.3) is 0 Å². The highest BCUT2D eigenvalue weighted by molar-refractivity contribution is 7.92. The third kappa shape index (κ3) is 3.06. The van der Waals surface area contributed by atoms with Crippen molar-refractivity contribution in [3.63, 3.8) is 0 Å². The molecule has 0 bridgehead atoms. The van der Waals surface area contributed by atoms with Gasteiger partial charge in [-0.1, -0.05) is 0 Å². The molecular formula is C18H21NO4S. The summed E-state index contributed by atoms with van der Waals surface area (Å²) in [6, 6.07) is 12.1. The largest absolute Gasteiger partial charge is 0.497 e. The minimum atomic E-state index is -3.59. The molecule has 0 fully saturated rings. The molecule has 6 heteroatoms. The lowest BCUT2D eigenvalue weighted by atomic mass is 10.0. The summed E-state index contributed by atoms with van der Waals surface area (Å²) in [5.74, 6) is 1.41. The predicted octanol–water partition coefficient (Wildman–Crippen LogP) is 3.24. The Kier molecular flexibility index (Phi) is 4.66. The number of sulfonamides is 1. The predicted molar refractivity (Wildman–Crippen MR) is 93.5 cm³/mol. The van der Waals surface area contributed by atoms with E-state index in [4.69, 9.17) is 9.47 Å². The number of fused-ring (bicyclic) bond motifs is 1. The topological polar surface area (TPSA) is 55.8 Å². The van der Waals surface area contributed by atoms with Crippen LogP contribution in [0.3, 0.4) is 0 Å². The van der Waals surface area contributed by atoms with Gasteiger partial charge >= 0.3 is 0 Å². The fourth-order valence-electron chi connectivity index (χ4n) is 2.92. The van der Waals surface area contributed by atoms with Crippen LogP contribution in [-0.2, 0) is 16.4 Å². The van der Waals surface area contributed by atoms with Gasteiger partial charge in [-0.05, 0) is 67.8 Å². The molecule has 0 saturated carbocycles. The zero-order valence-corrected chi connectivity index (χ0v) is 14.7. The molecule has 0 N–H and O–H groups in total. The molecule has 2 aromatic carbocycles. The van der Waals surface area contributed by atoms with Gasteiger partial charge in [0, 0.05) is 6.54 Å². The molecule has 0 unspecified atom stereocenters. The standard InChI is InChI=1S/C18H21NO4S/c1-3-23-15-6-9-17(10-7-15)24(20,21)19-12-4-5-14-13-16(22-2)8-11-18(14)19/h6-11,13H,3-5,12H2,1-2H3. The Balaban J connectivity index is 1.96. The maximum absolute atomic E-state index is 13.0. The Morgan fingerprint density at radius 1 is 1.08 bits per heavy atom. The Morgan fingerprint density at radius 2 is 1.79 bits per heavy atom. The van der Waals surface area contributed by atoms with Crippen molar-refractivity contribution in [3.8, 4) is 11.5 Å². The van der Waals surface area contributed by atoms with Crippen molar-refractivity contribution in [3.05, 3.63) is 48.0 Å². The summed E-state index contributed by atoms with van der Waals surface area (Å²) in [6.45, 7) is 2.92. The summed E-state index contributed by atoms with van der Waals surface area (Å²) in [7, 11) is -1.98. The van der Waals surface area contributed by atoms with Gasteiger partial charge in [0.1, 0.15) is 11.5 Å². The summed E-state index contributed by atoms with van der Waals surface area (Å²) in [6.07, 6.45) is 1.64. The van der Waals surface area contributed by atoms with Gasteiger partial charge in [0.2, 0.25) is 0 Å². The van der Waals surface area contributed by atoms with E-state index < -0.39 is 10.0 Å². The minimum absolute atomic E-state index is 0.273. The lowest BCUT2D eigenvalue weighted by molar-refractivity contribution is 0.340. The van der Waals surface area contributed by atoms with Gasteiger partial charge in [0.25, 0.3) is 10.0 Å². The van der Waals surface area contributed by atoms with Crippen LogP contribution >= 0.6 is 0 Å². The third-order valence-corrected chi connectivity index (χ3v) is 5.91. The molecule has 0 saturated heterocycles. The van der Waals surface area contributed by atoms with Gasteiger partial charge in [-0.2, -0.15) is 0 Å². The zero-order valence-electron chi connectivity index (χ0n) is 13.9. The SMILES string of the molecule is CCOc1ccc(S(=O)(=O)N2CCCc3cc(OC)ccc32)cc1. The molecule has 1 aliphatic rings. The smallest absolute Gasteiger partial charge is 0.264 e. The Hall–Kier alpha value is -2.21. The van der Waals surface area contributed by atoms with Crippen LogP contribution in [0, 0.1) is 0 Å². The van der Waals surface area contributed by atoms with Crippen LogP contribution in [0.5, 0.6) is 11.5 Å². The maximum atomic E-state index is 13.0. The van der Waals surface area contributed by atoms with Crippen LogP contribution in [0.15, 0.2) is 47.4 Å². The first kappa shape index (κ1) is 16.6. The van der Waals surface area contributed by atoms with E-state index in [0.717, 1.165) is 29.8 Å². The van der Waals surface area contributed by atoms with Crippen molar-refractivity contribution in [2.45, 2.75) is 24.7 Å². The van der Waals surface area contributed by atoms with E-state index in [0.29, 0.717) is 18.9 Å². The summed E-state index contributed by atoms with van der Waals surface area (Å²) >= 11 is 0. The van der Waals surface area contributed by atoms with Crippen molar-refractivity contribution in [1.82, 2.24) is 0 Å². The average Bonchev–Trinajstić information content (AvgIpc) is 2.61. The first-order chi connectivity index (χ1) is 11.6. The molecular weight excluding hydrogens is 326 g/mol. The van der Waals surface area contributed by atoms with E-state index in [2.05, 4.69) is 0 Å². The lowest BCUT2D eigenvalue weighted by Crippen LogP contribution is -2.35. The lowest BCUT2D eigenvalue weighted by Gasteiger charge is -2.30. The van der Waals surface area contributed by atoms with Crippen molar-refractivity contribution in [2.24, 2.45) is 0 Å². The van der Waals surface area contributed by atoms with Gasteiger partial charge in [0.15, 0.2) is 0 Å². The second-order valence-corrected chi connectivity index (χ2v) is 7.44. The highest BCUT2D eigenvalue weighted by Crippen LogP contribution is 2.34. The van der Waals surface area contributed by atoms with Gasteiger partial charge in [0.05, 0.1) is 24.3 Å². The molecule has 0 amide bonds. The molecule has 0 atom stereocenters. The van der Waals surface area contributed by atoms with Gasteiger partial charge in [-0.25, -0.2) is 8.42 Å². The van der Waals surface area contributed by atoms with Crippen molar-refractivity contribution in [2.75, 3.05) is 24.6 Å². The summed E-state index contributed by atoms with van der Waals surface area (Å²) in [5.41, 5.74) is 1.73. The van der Waals surface area contributed by atoms with E-state index in [-0.39, 0.29) is 4.90 Å². The van der Waals surface area contributed by atoms with Gasteiger partial charge in [-0.3, -0.25) is 4.31 Å². The molecule has 0 aliphatic carbocycles. The molecule has 0 aromatic heterocycles. The monoisotopic (exact) mass is 347 g/mol. The van der Waals surface area contributed by atoms with Gasteiger partial charge in [-0.15, -0.1) is 0 Å². The molecule has 2 aromatic rings. The van der Waals surface area contributed by atoms with E-state index in [1.165, 1.54) is 4.31 Å². The fraction of sp³-hybridized carbons (Fsp3) is 0.333. The highest BCUT2D eigenvalue weighted by Gasteiger charge is 2.29. The molecule has 3 rings (SSSR count). The summed E-state index contributed by atoms with van der Waals surface area (Å²) in [4.78, 5) is 0.273. The summed E-state index contributed by atoms with van der Waals surface area (Å²) < 4.78 is 38.2. The quantitative estimate of drug-likeness (QED) is 0.833. The number of methoxy groups -OCH3 is 1. The second-order valence-electron chi connectivity index (χ2n) is 5.58. The van der Waals surface area contributed by atoms with E-state index >= 15 is 0 Å². The van der Waals surface area contributed by atoms with Crippen LogP contribution in [0.1, 0.15) is 18.9 Å². The van der Waals surface area contributed by atoms with Crippen LogP contribution in [-0.4, -0.2) is 28.7 Å². The molecule has 128 valence electrons. The molecule has 5 nitrogen and oxygen atoms in total. The van der Waals surface area contributed by atoms with Crippen molar-refractivity contribution < 1.29 is 17.9 Å². The minimum Gasteiger partial charge on any atom is -0.497 e. The Labute approximate surface area is 142 Å².